The van der Waals surface area contributed by atoms with Crippen molar-refractivity contribution >= 4 is 21.6 Å². The fraction of sp³-hybridized carbons (Fsp3) is 0.429. The lowest BCUT2D eigenvalue weighted by molar-refractivity contribution is -0.141. The summed E-state index contributed by atoms with van der Waals surface area (Å²) in [5.41, 5.74) is 0.206. The summed E-state index contributed by atoms with van der Waals surface area (Å²) in [6.07, 6.45) is -0.358. The van der Waals surface area contributed by atoms with Gasteiger partial charge in [-0.15, -0.1) is 0 Å². The van der Waals surface area contributed by atoms with E-state index in [-0.39, 0.29) is 12.5 Å². The molecule has 32 heavy (non-hydrogen) atoms. The first kappa shape index (κ1) is 24.0. The molecule has 0 bridgehead atoms. The number of nitrogens with one attached hydrogen (secondary N) is 2. The van der Waals surface area contributed by atoms with Crippen LogP contribution in [0.15, 0.2) is 42.6 Å². The van der Waals surface area contributed by atoms with E-state index < -0.39 is 27.8 Å². The highest BCUT2D eigenvalue weighted by Crippen LogP contribution is 2.27. The number of piperidine rings is 1. The molecule has 7 nitrogen and oxygen atoms in total. The van der Waals surface area contributed by atoms with Gasteiger partial charge in [-0.1, -0.05) is 6.07 Å². The van der Waals surface area contributed by atoms with Gasteiger partial charge in [-0.2, -0.15) is 13.2 Å². The molecule has 2 aromatic rings. The lowest BCUT2D eigenvalue weighted by Gasteiger charge is -2.30. The number of carbonyl (C=O) groups excluding carboxylic acids is 1. The Morgan fingerprint density at radius 2 is 1.94 bits per heavy atom. The third-order valence-electron chi connectivity index (χ3n) is 5.21. The van der Waals surface area contributed by atoms with Crippen molar-refractivity contribution in [3.8, 4) is 0 Å². The average molecular weight is 471 g/mol. The second-order valence-electron chi connectivity index (χ2n) is 7.79. The number of benzene rings is 1. The van der Waals surface area contributed by atoms with Crippen LogP contribution >= 0.6 is 0 Å². The number of sulfonamides is 1. The maximum Gasteiger partial charge on any atom is 0.433 e. The molecule has 1 aromatic carbocycles. The van der Waals surface area contributed by atoms with Crippen molar-refractivity contribution in [1.82, 2.24) is 15.6 Å². The Labute approximate surface area is 185 Å². The van der Waals surface area contributed by atoms with E-state index in [4.69, 9.17) is 0 Å². The molecule has 1 aliphatic rings. The lowest BCUT2D eigenvalue weighted by atomic mass is 9.99. The first-order chi connectivity index (χ1) is 15.0. The summed E-state index contributed by atoms with van der Waals surface area (Å²) in [6, 6.07) is 8.30. The number of hydrogen-bond acceptors (Lipinski definition) is 5. The first-order valence-corrected chi connectivity index (χ1v) is 12.0. The van der Waals surface area contributed by atoms with Crippen LogP contribution in [-0.4, -0.2) is 45.2 Å². The maximum atomic E-state index is 12.6. The summed E-state index contributed by atoms with van der Waals surface area (Å²) in [4.78, 5) is 15.7. The van der Waals surface area contributed by atoms with E-state index in [1.54, 1.807) is 12.1 Å². The Hall–Kier alpha value is -2.66. The van der Waals surface area contributed by atoms with Gasteiger partial charge in [0.15, 0.2) is 0 Å². The first-order valence-electron chi connectivity index (χ1n) is 10.1. The van der Waals surface area contributed by atoms with Gasteiger partial charge in [-0.3, -0.25) is 14.1 Å². The van der Waals surface area contributed by atoms with Crippen molar-refractivity contribution in [2.24, 2.45) is 5.92 Å². The van der Waals surface area contributed by atoms with Crippen LogP contribution in [0.5, 0.6) is 0 Å². The molecule has 174 valence electrons. The number of anilines is 1. The molecule has 1 amide bonds. The summed E-state index contributed by atoms with van der Waals surface area (Å²) < 4.78 is 63.7. The number of carbonyl (C=O) groups is 1. The Balaban J connectivity index is 1.63. The highest BCUT2D eigenvalue weighted by Gasteiger charge is 2.32. The second kappa shape index (κ2) is 9.86. The van der Waals surface area contributed by atoms with Gasteiger partial charge in [-0.25, -0.2) is 8.42 Å². The smallest absolute Gasteiger partial charge is 0.348 e. The molecule has 0 radical (unpaired) electrons. The molecule has 1 saturated heterocycles. The predicted octanol–water partition coefficient (Wildman–Crippen LogP) is 2.80. The number of rotatable bonds is 7. The molecular weight excluding hydrogens is 445 g/mol. The van der Waals surface area contributed by atoms with Crippen LogP contribution in [0.1, 0.15) is 34.5 Å². The monoisotopic (exact) mass is 470 g/mol. The van der Waals surface area contributed by atoms with Crippen molar-refractivity contribution in [3.05, 3.63) is 59.4 Å². The standard InChI is InChI=1S/C21H25F3N4O3S/c1-32(30,31)28(14-16-3-2-10-25-11-16)18-7-5-17(6-8-18)20(29)27-13-15-4-9-19(26-12-15)21(22,23)24/h4-9,12,16,25H,2-3,10-11,13-14H2,1H3,(H,27,29). The van der Waals surface area contributed by atoms with E-state index in [9.17, 15) is 26.4 Å². The minimum Gasteiger partial charge on any atom is -0.348 e. The van der Waals surface area contributed by atoms with Crippen LogP contribution in [-0.2, 0) is 22.7 Å². The number of aromatic nitrogens is 1. The van der Waals surface area contributed by atoms with Gasteiger partial charge in [0.1, 0.15) is 5.69 Å². The lowest BCUT2D eigenvalue weighted by Crippen LogP contribution is -2.40. The van der Waals surface area contributed by atoms with Crippen molar-refractivity contribution in [2.45, 2.75) is 25.6 Å². The third kappa shape index (κ3) is 6.42. The largest absolute Gasteiger partial charge is 0.433 e. The molecule has 1 aromatic heterocycles. The molecular formula is C21H25F3N4O3S. The minimum absolute atomic E-state index is 0.00979. The van der Waals surface area contributed by atoms with E-state index in [1.165, 1.54) is 22.5 Å². The molecule has 2 heterocycles. The minimum atomic E-state index is -4.52. The zero-order valence-electron chi connectivity index (χ0n) is 17.5. The quantitative estimate of drug-likeness (QED) is 0.650. The molecule has 1 atom stereocenters. The number of halogens is 3. The summed E-state index contributed by atoms with van der Waals surface area (Å²) in [7, 11) is -3.49. The third-order valence-corrected chi connectivity index (χ3v) is 6.37. The van der Waals surface area contributed by atoms with Crippen molar-refractivity contribution in [2.75, 3.05) is 30.2 Å². The van der Waals surface area contributed by atoms with E-state index in [0.29, 0.717) is 23.4 Å². The highest BCUT2D eigenvalue weighted by atomic mass is 32.2. The normalized spacial score (nSPS) is 17.1. The van der Waals surface area contributed by atoms with Crippen LogP contribution < -0.4 is 14.9 Å². The van der Waals surface area contributed by atoms with Crippen molar-refractivity contribution < 1.29 is 26.4 Å². The molecule has 1 unspecified atom stereocenters. The molecule has 1 aliphatic heterocycles. The Bertz CT molecular complexity index is 1020. The molecule has 2 N–H and O–H groups in total. The van der Waals surface area contributed by atoms with Gasteiger partial charge in [-0.05, 0) is 67.7 Å². The topological polar surface area (TPSA) is 91.4 Å². The van der Waals surface area contributed by atoms with Gasteiger partial charge in [0.05, 0.1) is 11.9 Å². The van der Waals surface area contributed by atoms with E-state index in [1.807, 2.05) is 0 Å². The van der Waals surface area contributed by atoms with Crippen molar-refractivity contribution in [3.63, 3.8) is 0 Å². The predicted molar refractivity (Wildman–Crippen MR) is 115 cm³/mol. The van der Waals surface area contributed by atoms with Gasteiger partial charge in [0, 0.05) is 24.8 Å². The van der Waals surface area contributed by atoms with Gasteiger partial charge < -0.3 is 10.6 Å². The fourth-order valence-corrected chi connectivity index (χ4v) is 4.49. The number of amides is 1. The zero-order valence-corrected chi connectivity index (χ0v) is 18.3. The van der Waals surface area contributed by atoms with E-state index >= 15 is 0 Å². The second-order valence-corrected chi connectivity index (χ2v) is 9.69. The van der Waals surface area contributed by atoms with Crippen LogP contribution in [0.2, 0.25) is 0 Å². The van der Waals surface area contributed by atoms with Crippen LogP contribution in [0.4, 0.5) is 18.9 Å². The number of nitrogens with zero attached hydrogens (tertiary/aromatic N) is 2. The summed E-state index contributed by atoms with van der Waals surface area (Å²) in [6.45, 7) is 2.06. The van der Waals surface area contributed by atoms with E-state index in [0.717, 1.165) is 44.5 Å². The number of alkyl halides is 3. The summed E-state index contributed by atoms with van der Waals surface area (Å²) in [5, 5.41) is 5.89. The summed E-state index contributed by atoms with van der Waals surface area (Å²) >= 11 is 0. The Morgan fingerprint density at radius 3 is 2.47 bits per heavy atom. The molecule has 0 spiro atoms. The average Bonchev–Trinajstić information content (AvgIpc) is 2.75. The zero-order chi connectivity index (χ0) is 23.4. The number of hydrogen-bond donors (Lipinski definition) is 2. The van der Waals surface area contributed by atoms with Crippen LogP contribution in [0.3, 0.4) is 0 Å². The van der Waals surface area contributed by atoms with Crippen molar-refractivity contribution in [1.29, 1.82) is 0 Å². The van der Waals surface area contributed by atoms with Gasteiger partial charge >= 0.3 is 6.18 Å². The SMILES string of the molecule is CS(=O)(=O)N(CC1CCCNC1)c1ccc(C(=O)NCc2ccc(C(F)(F)F)nc2)cc1. The van der Waals surface area contributed by atoms with Crippen LogP contribution in [0, 0.1) is 5.92 Å². The molecule has 3 rings (SSSR count). The Kier molecular flexibility index (Phi) is 7.40. The molecule has 11 heteroatoms. The highest BCUT2D eigenvalue weighted by molar-refractivity contribution is 7.92. The Morgan fingerprint density at radius 1 is 1.22 bits per heavy atom. The molecule has 0 saturated carbocycles. The van der Waals surface area contributed by atoms with E-state index in [2.05, 4.69) is 15.6 Å². The maximum absolute atomic E-state index is 12.6. The van der Waals surface area contributed by atoms with Gasteiger partial charge in [0.2, 0.25) is 10.0 Å². The fourth-order valence-electron chi connectivity index (χ4n) is 3.51. The summed E-state index contributed by atoms with van der Waals surface area (Å²) in [5.74, 6) is -0.224. The van der Waals surface area contributed by atoms with Gasteiger partial charge in [0.25, 0.3) is 5.91 Å². The van der Waals surface area contributed by atoms with Crippen LogP contribution in [0.25, 0.3) is 0 Å². The molecule has 1 fully saturated rings. The molecule has 0 aliphatic carbocycles. The number of pyridine rings is 1.